The molecule has 2 aromatic carbocycles. The molecular formula is C51H64F3N3O11S. The second kappa shape index (κ2) is 19.4. The summed E-state index contributed by atoms with van der Waals surface area (Å²) >= 11 is 0. The number of allylic oxidation sites excluding steroid dienone is 2. The van der Waals surface area contributed by atoms with Crippen LogP contribution < -0.4 is 23.7 Å². The largest absolute Gasteiger partial charge is 0.497 e. The minimum Gasteiger partial charge on any atom is -0.497 e. The van der Waals surface area contributed by atoms with Crippen LogP contribution in [0, 0.1) is 29.1 Å². The minimum atomic E-state index is -4.89. The molecule has 376 valence electrons. The smallest absolute Gasteiger partial charge is 0.427 e. The van der Waals surface area contributed by atoms with Gasteiger partial charge in [-0.25, -0.2) is 13.4 Å². The van der Waals surface area contributed by atoms with Crippen molar-refractivity contribution in [2.24, 2.45) is 29.1 Å². The van der Waals surface area contributed by atoms with Crippen molar-refractivity contribution >= 4 is 44.4 Å². The molecule has 3 aromatic rings. The number of Topliss-reactive ketones (excluding diaryl/α,β-unsaturated/α-hetero) is 1. The van der Waals surface area contributed by atoms with E-state index in [0.717, 1.165) is 13.8 Å². The van der Waals surface area contributed by atoms with Crippen LogP contribution >= 0.6 is 0 Å². The van der Waals surface area contributed by atoms with E-state index >= 15 is 4.79 Å². The highest BCUT2D eigenvalue weighted by Gasteiger charge is 2.63. The van der Waals surface area contributed by atoms with Gasteiger partial charge in [-0.05, 0) is 133 Å². The highest BCUT2D eigenvalue weighted by molar-refractivity contribution is 7.91. The Bertz CT molecular complexity index is 2600. The fourth-order valence-electron chi connectivity index (χ4n) is 9.63. The van der Waals surface area contributed by atoms with E-state index in [0.29, 0.717) is 71.4 Å². The summed E-state index contributed by atoms with van der Waals surface area (Å²) in [6.07, 6.45) is -0.712. The van der Waals surface area contributed by atoms with Gasteiger partial charge in [0.05, 0.1) is 55.4 Å². The van der Waals surface area contributed by atoms with Gasteiger partial charge in [-0.2, -0.15) is 13.2 Å². The van der Waals surface area contributed by atoms with Gasteiger partial charge in [0, 0.05) is 29.2 Å². The third-order valence-corrected chi connectivity index (χ3v) is 16.5. The molecule has 1 saturated heterocycles. The number of ether oxygens (including phenoxy) is 5. The van der Waals surface area contributed by atoms with Crippen LogP contribution in [0.25, 0.3) is 22.0 Å². The molecule has 2 aliphatic heterocycles. The van der Waals surface area contributed by atoms with Crippen LogP contribution in [0.15, 0.2) is 54.6 Å². The number of alkyl halides is 3. The Labute approximate surface area is 402 Å². The number of amides is 2. The number of aromatic nitrogens is 1. The fourth-order valence-corrected chi connectivity index (χ4v) is 11.0. The number of fused-ring (bicyclic) bond motifs is 3. The van der Waals surface area contributed by atoms with Crippen molar-refractivity contribution in [2.75, 3.05) is 20.8 Å². The monoisotopic (exact) mass is 983 g/mol. The summed E-state index contributed by atoms with van der Waals surface area (Å²) in [4.78, 5) is 64.2. The molecule has 0 unspecified atom stereocenters. The zero-order valence-electron chi connectivity index (χ0n) is 40.7. The van der Waals surface area contributed by atoms with Gasteiger partial charge >= 0.3 is 12.1 Å². The van der Waals surface area contributed by atoms with Gasteiger partial charge in [0.25, 0.3) is 0 Å². The van der Waals surface area contributed by atoms with E-state index in [1.807, 2.05) is 45.1 Å². The van der Waals surface area contributed by atoms with E-state index in [1.54, 1.807) is 44.2 Å². The second-order valence-corrected chi connectivity index (χ2v) is 22.7. The maximum atomic E-state index is 15.2. The van der Waals surface area contributed by atoms with E-state index < -0.39 is 98.3 Å². The first-order valence-corrected chi connectivity index (χ1v) is 25.1. The van der Waals surface area contributed by atoms with Gasteiger partial charge in [0.15, 0.2) is 11.5 Å². The predicted octanol–water partition coefficient (Wildman–Crippen LogP) is 8.92. The molecule has 0 bridgehead atoms. The van der Waals surface area contributed by atoms with E-state index in [9.17, 15) is 36.0 Å². The van der Waals surface area contributed by atoms with Crippen molar-refractivity contribution in [1.82, 2.24) is 14.6 Å². The zero-order valence-corrected chi connectivity index (χ0v) is 41.6. The molecule has 3 heterocycles. The standard InChI is InChI=1S/C51H64F3N3O11S/c1-29(2)66-34-16-14-32(15-17-34)43-44(65-9)39-23-35(64-8)18-19-37(39)45(55-43)67-36-24-40-41(58)27-50(47(61)56-69(62,63)49(7)20-21-49)26-33(50)13-11-10-12-30(3)22-31(4)38(46(60)57(40)28-36)25-42(59)68-48(5,6)51(52,53)54/h11,13-19,23,29-31,33,36,38,40H,10,12,20-22,24-28H2,1-9H3,(H,56,61)/b13-11-/t30-,31-,33-,36-,38+,40+,50-/m1/s1. The maximum Gasteiger partial charge on any atom is 0.427 e. The van der Waals surface area contributed by atoms with Crippen LogP contribution in [0.4, 0.5) is 13.2 Å². The van der Waals surface area contributed by atoms with Crippen molar-refractivity contribution in [2.45, 2.75) is 141 Å². The molecule has 0 radical (unpaired) electrons. The average Bonchev–Trinajstić information content (AvgIpc) is 4.16. The van der Waals surface area contributed by atoms with Gasteiger partial charge in [-0.3, -0.25) is 23.9 Å². The molecule has 2 saturated carbocycles. The van der Waals surface area contributed by atoms with Crippen LogP contribution in [0.2, 0.25) is 0 Å². The maximum absolute atomic E-state index is 15.2. The van der Waals surface area contributed by atoms with Crippen LogP contribution in [0.3, 0.4) is 0 Å². The number of hydrogen-bond acceptors (Lipinski definition) is 12. The zero-order chi connectivity index (χ0) is 50.4. The highest BCUT2D eigenvalue weighted by Crippen LogP contribution is 2.58. The number of hydrogen-bond donors (Lipinski definition) is 1. The van der Waals surface area contributed by atoms with Crippen LogP contribution in [0.5, 0.6) is 23.1 Å². The fraction of sp³-hybridized carbons (Fsp3) is 0.588. The molecule has 1 aromatic heterocycles. The minimum absolute atomic E-state index is 0.0160. The van der Waals surface area contributed by atoms with E-state index in [2.05, 4.69) is 4.72 Å². The van der Waals surface area contributed by atoms with Crippen molar-refractivity contribution in [1.29, 1.82) is 0 Å². The number of benzene rings is 2. The summed E-state index contributed by atoms with van der Waals surface area (Å²) in [5.41, 5.74) is -3.21. The Balaban J connectivity index is 1.29. The number of rotatable bonds is 13. The Kier molecular flexibility index (Phi) is 14.5. The lowest BCUT2D eigenvalue weighted by molar-refractivity contribution is -0.257. The molecule has 7 rings (SSSR count). The van der Waals surface area contributed by atoms with E-state index in [-0.39, 0.29) is 37.3 Å². The lowest BCUT2D eigenvalue weighted by Gasteiger charge is -2.33. The first kappa shape index (κ1) is 51.5. The van der Waals surface area contributed by atoms with Crippen molar-refractivity contribution in [3.05, 3.63) is 54.6 Å². The predicted molar refractivity (Wildman–Crippen MR) is 251 cm³/mol. The Morgan fingerprint density at radius 1 is 0.971 bits per heavy atom. The molecule has 7 atom stereocenters. The molecule has 0 spiro atoms. The number of esters is 1. The summed E-state index contributed by atoms with van der Waals surface area (Å²) < 4.78 is 99.0. The van der Waals surface area contributed by atoms with Gasteiger partial charge in [-0.15, -0.1) is 0 Å². The molecule has 4 aliphatic rings. The number of carbonyl (C=O) groups excluding carboxylic acids is 4. The SMILES string of the molecule is COc1ccc2c(O[C@@H]3C[C@H]4C(=O)C[C@]5(C(=O)NS(=O)(=O)C6(C)CC6)C[C@H]5/C=C\CC[C@@H](C)C[C@@H](C)[C@H](CC(=O)OC(C)(C)C(F)(F)F)C(=O)N4C3)nc(-c3ccc(OC(C)C)cc3)c(OC)c2c1. The summed E-state index contributed by atoms with van der Waals surface area (Å²) in [6.45, 7) is 10.4. The molecule has 2 aliphatic carbocycles. The number of sulfonamides is 1. The molecule has 3 fully saturated rings. The molecule has 69 heavy (non-hydrogen) atoms. The van der Waals surface area contributed by atoms with Gasteiger partial charge < -0.3 is 28.6 Å². The molecule has 14 nitrogen and oxygen atoms in total. The van der Waals surface area contributed by atoms with Gasteiger partial charge in [-0.1, -0.05) is 26.0 Å². The summed E-state index contributed by atoms with van der Waals surface area (Å²) in [7, 11) is -1.03. The first-order chi connectivity index (χ1) is 32.3. The first-order valence-electron chi connectivity index (χ1n) is 23.7. The number of methoxy groups -OCH3 is 2. The lowest BCUT2D eigenvalue weighted by Crippen LogP contribution is -2.48. The quantitative estimate of drug-likeness (QED) is 0.127. The number of nitrogens with zero attached hydrogens (tertiary/aromatic N) is 2. The summed E-state index contributed by atoms with van der Waals surface area (Å²) in [5.74, 6) is -3.75. The normalized spacial score (nSPS) is 26.8. The Hall–Kier alpha value is -5.39. The van der Waals surface area contributed by atoms with E-state index in [1.165, 1.54) is 19.1 Å². The number of ketones is 1. The van der Waals surface area contributed by atoms with Gasteiger partial charge in [0.2, 0.25) is 33.3 Å². The van der Waals surface area contributed by atoms with Crippen LogP contribution in [-0.4, -0.2) is 97.4 Å². The average molecular weight is 984 g/mol. The second-order valence-electron chi connectivity index (χ2n) is 20.5. The summed E-state index contributed by atoms with van der Waals surface area (Å²) in [6, 6.07) is 11.3. The molecular weight excluding hydrogens is 920 g/mol. The van der Waals surface area contributed by atoms with Crippen molar-refractivity contribution < 1.29 is 64.5 Å². The number of pyridine rings is 1. The highest BCUT2D eigenvalue weighted by atomic mass is 32.2. The van der Waals surface area contributed by atoms with Gasteiger partial charge in [0.1, 0.15) is 23.3 Å². The molecule has 2 amide bonds. The Morgan fingerprint density at radius 2 is 1.65 bits per heavy atom. The molecule has 18 heteroatoms. The van der Waals surface area contributed by atoms with E-state index in [4.69, 9.17) is 28.7 Å². The summed E-state index contributed by atoms with van der Waals surface area (Å²) in [5, 5.41) is 1.10. The third-order valence-electron chi connectivity index (χ3n) is 14.3. The number of halogens is 3. The Morgan fingerprint density at radius 3 is 2.28 bits per heavy atom. The third kappa shape index (κ3) is 10.8. The van der Waals surface area contributed by atoms with Crippen molar-refractivity contribution in [3.63, 3.8) is 0 Å². The van der Waals surface area contributed by atoms with Crippen LogP contribution in [0.1, 0.15) is 106 Å². The van der Waals surface area contributed by atoms with Crippen molar-refractivity contribution in [3.8, 4) is 34.4 Å². The number of nitrogens with one attached hydrogen (secondary N) is 1. The van der Waals surface area contributed by atoms with Crippen LogP contribution in [-0.2, 0) is 33.9 Å². The topological polar surface area (TPSA) is 177 Å². The lowest BCUT2D eigenvalue weighted by atomic mass is 9.82. The molecule has 1 N–H and O–H groups in total. The number of carbonyl (C=O) groups is 4.